The van der Waals surface area contributed by atoms with Gasteiger partial charge in [0.05, 0.1) is 0 Å². The van der Waals surface area contributed by atoms with Crippen molar-refractivity contribution in [2.24, 2.45) is 0 Å². The molecule has 1 fully saturated rings. The highest BCUT2D eigenvalue weighted by molar-refractivity contribution is 5.95. The monoisotopic (exact) mass is 373 g/mol. The van der Waals surface area contributed by atoms with Crippen molar-refractivity contribution >= 4 is 11.8 Å². The van der Waals surface area contributed by atoms with E-state index in [-0.39, 0.29) is 11.8 Å². The number of benzene rings is 2. The standard InChI is InChI=1S/C23H23N3O2/c27-22(20-11-9-19(10-12-20)18-6-2-1-3-7-18)25-14-5-15-26(17-16-25)23(28)21-8-4-13-24-21/h1-4,6-13,24H,5,14-17H2. The zero-order valence-corrected chi connectivity index (χ0v) is 15.7. The average Bonchev–Trinajstić information content (AvgIpc) is 3.18. The lowest BCUT2D eigenvalue weighted by molar-refractivity contribution is 0.0716. The number of carbonyl (C=O) groups excluding carboxylic acids is 2. The third-order valence-electron chi connectivity index (χ3n) is 5.14. The van der Waals surface area contributed by atoms with Crippen molar-refractivity contribution in [1.82, 2.24) is 14.8 Å². The summed E-state index contributed by atoms with van der Waals surface area (Å²) in [6.07, 6.45) is 2.53. The highest BCUT2D eigenvalue weighted by atomic mass is 16.2. The number of carbonyl (C=O) groups is 2. The molecule has 0 unspecified atom stereocenters. The van der Waals surface area contributed by atoms with Crippen molar-refractivity contribution in [3.05, 3.63) is 84.2 Å². The maximum absolute atomic E-state index is 12.9. The summed E-state index contributed by atoms with van der Waals surface area (Å²) in [4.78, 5) is 32.1. The van der Waals surface area contributed by atoms with Crippen LogP contribution < -0.4 is 0 Å². The SMILES string of the molecule is O=C(c1ccc(-c2ccccc2)cc1)N1CCCN(C(=O)c2ccc[nH]2)CC1. The van der Waals surface area contributed by atoms with Crippen molar-refractivity contribution in [3.8, 4) is 11.1 Å². The number of hydrogen-bond donors (Lipinski definition) is 1. The smallest absolute Gasteiger partial charge is 0.270 e. The first-order valence-corrected chi connectivity index (χ1v) is 9.60. The van der Waals surface area contributed by atoms with E-state index in [2.05, 4.69) is 17.1 Å². The normalized spacial score (nSPS) is 14.6. The minimum atomic E-state index is -0.00786. The second-order valence-corrected chi connectivity index (χ2v) is 6.97. The predicted molar refractivity (Wildman–Crippen MR) is 109 cm³/mol. The number of nitrogens with one attached hydrogen (secondary N) is 1. The second kappa shape index (κ2) is 8.13. The largest absolute Gasteiger partial charge is 0.357 e. The minimum absolute atomic E-state index is 0.00786. The summed E-state index contributed by atoms with van der Waals surface area (Å²) in [7, 11) is 0. The van der Waals surface area contributed by atoms with E-state index in [4.69, 9.17) is 0 Å². The van der Waals surface area contributed by atoms with Crippen LogP contribution in [-0.2, 0) is 0 Å². The van der Waals surface area contributed by atoms with Crippen LogP contribution in [0.3, 0.4) is 0 Å². The molecule has 5 nitrogen and oxygen atoms in total. The van der Waals surface area contributed by atoms with Crippen LogP contribution in [0.2, 0.25) is 0 Å². The van der Waals surface area contributed by atoms with Gasteiger partial charge in [0.1, 0.15) is 5.69 Å². The average molecular weight is 373 g/mol. The lowest BCUT2D eigenvalue weighted by Gasteiger charge is -2.22. The van der Waals surface area contributed by atoms with E-state index >= 15 is 0 Å². The van der Waals surface area contributed by atoms with Crippen LogP contribution in [0.25, 0.3) is 11.1 Å². The van der Waals surface area contributed by atoms with Gasteiger partial charge in [-0.25, -0.2) is 0 Å². The van der Waals surface area contributed by atoms with E-state index < -0.39 is 0 Å². The molecule has 28 heavy (non-hydrogen) atoms. The van der Waals surface area contributed by atoms with Gasteiger partial charge in [0.2, 0.25) is 0 Å². The molecule has 1 aromatic heterocycles. The van der Waals surface area contributed by atoms with E-state index in [1.165, 1.54) is 0 Å². The fraction of sp³-hybridized carbons (Fsp3) is 0.217. The van der Waals surface area contributed by atoms with Gasteiger partial charge in [0.25, 0.3) is 11.8 Å². The van der Waals surface area contributed by atoms with E-state index in [1.54, 1.807) is 12.3 Å². The summed E-state index contributed by atoms with van der Waals surface area (Å²) in [6.45, 7) is 2.42. The quantitative estimate of drug-likeness (QED) is 0.762. The molecule has 0 bridgehead atoms. The molecule has 2 heterocycles. The second-order valence-electron chi connectivity index (χ2n) is 6.97. The first kappa shape index (κ1) is 18.0. The highest BCUT2D eigenvalue weighted by Gasteiger charge is 2.23. The zero-order valence-electron chi connectivity index (χ0n) is 15.7. The molecule has 4 rings (SSSR count). The third-order valence-corrected chi connectivity index (χ3v) is 5.14. The van der Waals surface area contributed by atoms with Crippen LogP contribution in [0.15, 0.2) is 72.9 Å². The molecule has 2 aromatic carbocycles. The van der Waals surface area contributed by atoms with Crippen LogP contribution in [0, 0.1) is 0 Å². The van der Waals surface area contributed by atoms with Crippen LogP contribution in [-0.4, -0.2) is 52.8 Å². The molecule has 1 N–H and O–H groups in total. The number of amides is 2. The van der Waals surface area contributed by atoms with Gasteiger partial charge in [-0.05, 0) is 41.8 Å². The number of aromatic amines is 1. The molecule has 0 aliphatic carbocycles. The topological polar surface area (TPSA) is 56.4 Å². The number of H-pyrrole nitrogens is 1. The Labute approximate surface area is 164 Å². The molecular weight excluding hydrogens is 350 g/mol. The van der Waals surface area contributed by atoms with Crippen LogP contribution in [0.1, 0.15) is 27.3 Å². The first-order chi connectivity index (χ1) is 13.7. The van der Waals surface area contributed by atoms with Gasteiger partial charge in [-0.1, -0.05) is 42.5 Å². The van der Waals surface area contributed by atoms with Crippen molar-refractivity contribution in [1.29, 1.82) is 0 Å². The minimum Gasteiger partial charge on any atom is -0.357 e. The summed E-state index contributed by atoms with van der Waals surface area (Å²) in [5.74, 6) is 0.0142. The lowest BCUT2D eigenvalue weighted by Crippen LogP contribution is -2.37. The van der Waals surface area contributed by atoms with E-state index in [9.17, 15) is 9.59 Å². The molecule has 0 saturated carbocycles. The Hall–Kier alpha value is -3.34. The molecular formula is C23H23N3O2. The molecule has 3 aromatic rings. The maximum Gasteiger partial charge on any atom is 0.270 e. The number of rotatable bonds is 3. The van der Waals surface area contributed by atoms with Gasteiger partial charge < -0.3 is 14.8 Å². The van der Waals surface area contributed by atoms with E-state index in [0.29, 0.717) is 37.4 Å². The van der Waals surface area contributed by atoms with Crippen molar-refractivity contribution in [2.75, 3.05) is 26.2 Å². The Kier molecular flexibility index (Phi) is 5.24. The molecule has 0 spiro atoms. The molecule has 1 saturated heterocycles. The predicted octanol–water partition coefficient (Wildman–Crippen LogP) is 3.67. The summed E-state index contributed by atoms with van der Waals surface area (Å²) in [5.41, 5.74) is 3.51. The Morgan fingerprint density at radius 2 is 1.32 bits per heavy atom. The van der Waals surface area contributed by atoms with Crippen molar-refractivity contribution in [2.45, 2.75) is 6.42 Å². The van der Waals surface area contributed by atoms with Crippen LogP contribution >= 0.6 is 0 Å². The van der Waals surface area contributed by atoms with Crippen LogP contribution in [0.5, 0.6) is 0 Å². The van der Waals surface area contributed by atoms with Crippen molar-refractivity contribution < 1.29 is 9.59 Å². The molecule has 5 heteroatoms. The third kappa shape index (κ3) is 3.83. The van der Waals surface area contributed by atoms with Gasteiger partial charge in [-0.3, -0.25) is 9.59 Å². The molecule has 1 aliphatic heterocycles. The number of nitrogens with zero attached hydrogens (tertiary/aromatic N) is 2. The Balaban J connectivity index is 1.42. The fourth-order valence-electron chi connectivity index (χ4n) is 3.58. The first-order valence-electron chi connectivity index (χ1n) is 9.60. The molecule has 2 amide bonds. The van der Waals surface area contributed by atoms with E-state index in [0.717, 1.165) is 17.5 Å². The highest BCUT2D eigenvalue weighted by Crippen LogP contribution is 2.20. The van der Waals surface area contributed by atoms with Gasteiger partial charge >= 0.3 is 0 Å². The van der Waals surface area contributed by atoms with Crippen molar-refractivity contribution in [3.63, 3.8) is 0 Å². The van der Waals surface area contributed by atoms with Crippen LogP contribution in [0.4, 0.5) is 0 Å². The van der Waals surface area contributed by atoms with Gasteiger partial charge in [0.15, 0.2) is 0 Å². The fourth-order valence-corrected chi connectivity index (χ4v) is 3.58. The molecule has 0 radical (unpaired) electrons. The van der Waals surface area contributed by atoms with Gasteiger partial charge in [0, 0.05) is 37.9 Å². The molecule has 0 atom stereocenters. The van der Waals surface area contributed by atoms with E-state index in [1.807, 2.05) is 58.3 Å². The lowest BCUT2D eigenvalue weighted by atomic mass is 10.0. The Bertz CT molecular complexity index is 934. The van der Waals surface area contributed by atoms with Gasteiger partial charge in [-0.15, -0.1) is 0 Å². The maximum atomic E-state index is 12.9. The summed E-state index contributed by atoms with van der Waals surface area (Å²) in [6, 6.07) is 21.5. The summed E-state index contributed by atoms with van der Waals surface area (Å²) < 4.78 is 0. The number of hydrogen-bond acceptors (Lipinski definition) is 2. The molecule has 1 aliphatic rings. The zero-order chi connectivity index (χ0) is 19.3. The Morgan fingerprint density at radius 1 is 0.679 bits per heavy atom. The number of aromatic nitrogens is 1. The summed E-state index contributed by atoms with van der Waals surface area (Å²) >= 11 is 0. The van der Waals surface area contributed by atoms with Gasteiger partial charge in [-0.2, -0.15) is 0 Å². The molecule has 142 valence electrons. The summed E-state index contributed by atoms with van der Waals surface area (Å²) in [5, 5.41) is 0. The Morgan fingerprint density at radius 3 is 1.96 bits per heavy atom.